The second-order valence-electron chi connectivity index (χ2n) is 4.77. The van der Waals surface area contributed by atoms with Gasteiger partial charge in [0.05, 0.1) is 15.8 Å². The van der Waals surface area contributed by atoms with Crippen molar-refractivity contribution in [3.63, 3.8) is 0 Å². The highest BCUT2D eigenvalue weighted by atomic mass is 35.5. The Hall–Kier alpha value is -0.760. The Morgan fingerprint density at radius 1 is 1.14 bits per heavy atom. The van der Waals surface area contributed by atoms with Crippen molar-refractivity contribution in [2.75, 3.05) is 31.1 Å². The fraction of sp³-hybridized carbons (Fsp3) is 0.462. The summed E-state index contributed by atoms with van der Waals surface area (Å²) >= 11 is 1.33. The normalized spacial score (nSPS) is 15.9. The third-order valence-corrected chi connectivity index (χ3v) is 4.39. The van der Waals surface area contributed by atoms with E-state index in [1.165, 1.54) is 23.5 Å². The maximum Gasteiger partial charge on any atom is 0.416 e. The molecule has 1 aliphatic rings. The number of hydrogen-bond donors (Lipinski definition) is 1. The fourth-order valence-corrected chi connectivity index (χ4v) is 3.32. The van der Waals surface area contributed by atoms with Crippen molar-refractivity contribution in [2.45, 2.75) is 12.6 Å². The summed E-state index contributed by atoms with van der Waals surface area (Å²) < 4.78 is 38.7. The van der Waals surface area contributed by atoms with Gasteiger partial charge in [-0.15, -0.1) is 24.8 Å². The molecule has 0 amide bonds. The first-order valence-electron chi connectivity index (χ1n) is 6.47. The SMILES string of the molecule is Cl.Cl.FC(F)(F)c1ccc2nc(N3CCCNCC3)sc2c1. The van der Waals surface area contributed by atoms with E-state index >= 15 is 0 Å². The van der Waals surface area contributed by atoms with Gasteiger partial charge in [-0.1, -0.05) is 11.3 Å². The summed E-state index contributed by atoms with van der Waals surface area (Å²) in [6, 6.07) is 3.73. The summed E-state index contributed by atoms with van der Waals surface area (Å²) in [7, 11) is 0. The van der Waals surface area contributed by atoms with Crippen LogP contribution in [0.4, 0.5) is 18.3 Å². The highest BCUT2D eigenvalue weighted by Crippen LogP contribution is 2.35. The van der Waals surface area contributed by atoms with Crippen LogP contribution in [0.2, 0.25) is 0 Å². The molecule has 0 unspecified atom stereocenters. The van der Waals surface area contributed by atoms with E-state index in [2.05, 4.69) is 15.2 Å². The number of fused-ring (bicyclic) bond motifs is 1. The lowest BCUT2D eigenvalue weighted by molar-refractivity contribution is -0.137. The van der Waals surface area contributed by atoms with Gasteiger partial charge in [-0.2, -0.15) is 13.2 Å². The Labute approximate surface area is 142 Å². The van der Waals surface area contributed by atoms with Crippen LogP contribution in [0.15, 0.2) is 18.2 Å². The van der Waals surface area contributed by atoms with Crippen LogP contribution >= 0.6 is 36.2 Å². The summed E-state index contributed by atoms with van der Waals surface area (Å²) in [5, 5.41) is 4.10. The molecular formula is C13H16Cl2F3N3S. The zero-order valence-electron chi connectivity index (χ0n) is 11.5. The Kier molecular flexibility index (Phi) is 6.73. The minimum absolute atomic E-state index is 0. The molecule has 0 saturated carbocycles. The molecule has 1 fully saturated rings. The predicted molar refractivity (Wildman–Crippen MR) is 88.8 cm³/mol. The molecule has 0 aliphatic carbocycles. The molecule has 9 heteroatoms. The number of anilines is 1. The van der Waals surface area contributed by atoms with Gasteiger partial charge < -0.3 is 10.2 Å². The van der Waals surface area contributed by atoms with E-state index in [1.54, 1.807) is 0 Å². The number of alkyl halides is 3. The molecule has 0 radical (unpaired) electrons. The predicted octanol–water partition coefficient (Wildman–Crippen LogP) is 3.96. The third kappa shape index (κ3) is 4.16. The Morgan fingerprint density at radius 3 is 2.64 bits per heavy atom. The van der Waals surface area contributed by atoms with Crippen molar-refractivity contribution < 1.29 is 13.2 Å². The molecule has 2 aromatic rings. The quantitative estimate of drug-likeness (QED) is 0.819. The van der Waals surface area contributed by atoms with Gasteiger partial charge in [-0.3, -0.25) is 0 Å². The number of nitrogens with zero attached hydrogens (tertiary/aromatic N) is 2. The van der Waals surface area contributed by atoms with Crippen molar-refractivity contribution in [3.05, 3.63) is 23.8 Å². The standard InChI is InChI=1S/C13H14F3N3S.2ClH/c14-13(15,16)9-2-3-10-11(8-9)20-12(18-10)19-6-1-4-17-5-7-19;;/h2-3,8,17H,1,4-7H2;2*1H. The van der Waals surface area contributed by atoms with Crippen LogP contribution < -0.4 is 10.2 Å². The van der Waals surface area contributed by atoms with E-state index in [0.29, 0.717) is 10.2 Å². The molecule has 1 saturated heterocycles. The molecule has 1 aromatic carbocycles. The van der Waals surface area contributed by atoms with Crippen LogP contribution in [-0.4, -0.2) is 31.2 Å². The molecular weight excluding hydrogens is 358 g/mol. The van der Waals surface area contributed by atoms with Crippen LogP contribution in [0.25, 0.3) is 10.2 Å². The number of thiazole rings is 1. The molecule has 1 aliphatic heterocycles. The van der Waals surface area contributed by atoms with Crippen molar-refractivity contribution in [2.24, 2.45) is 0 Å². The number of aromatic nitrogens is 1. The van der Waals surface area contributed by atoms with Crippen LogP contribution in [0.1, 0.15) is 12.0 Å². The first kappa shape index (κ1) is 19.3. The number of hydrogen-bond acceptors (Lipinski definition) is 4. The maximum atomic E-state index is 12.7. The summed E-state index contributed by atoms with van der Waals surface area (Å²) in [5.74, 6) is 0. The first-order valence-corrected chi connectivity index (χ1v) is 7.29. The second kappa shape index (κ2) is 7.68. The zero-order chi connectivity index (χ0) is 14.2. The van der Waals surface area contributed by atoms with E-state index in [0.717, 1.165) is 43.8 Å². The molecule has 0 spiro atoms. The fourth-order valence-electron chi connectivity index (χ4n) is 2.26. The monoisotopic (exact) mass is 373 g/mol. The number of rotatable bonds is 1. The van der Waals surface area contributed by atoms with Crippen molar-refractivity contribution >= 4 is 51.5 Å². The number of halogens is 5. The first-order chi connectivity index (χ1) is 9.54. The van der Waals surface area contributed by atoms with E-state index in [4.69, 9.17) is 0 Å². The Morgan fingerprint density at radius 2 is 1.91 bits per heavy atom. The second-order valence-corrected chi connectivity index (χ2v) is 5.78. The van der Waals surface area contributed by atoms with E-state index in [9.17, 15) is 13.2 Å². The average Bonchev–Trinajstić information content (AvgIpc) is 2.63. The van der Waals surface area contributed by atoms with Gasteiger partial charge in [0.2, 0.25) is 0 Å². The van der Waals surface area contributed by atoms with Crippen LogP contribution in [-0.2, 0) is 6.18 Å². The lowest BCUT2D eigenvalue weighted by atomic mass is 10.2. The van der Waals surface area contributed by atoms with E-state index in [1.807, 2.05) is 0 Å². The van der Waals surface area contributed by atoms with Crippen molar-refractivity contribution in [3.8, 4) is 0 Å². The zero-order valence-corrected chi connectivity index (χ0v) is 14.0. The number of nitrogens with one attached hydrogen (secondary N) is 1. The van der Waals surface area contributed by atoms with E-state index < -0.39 is 11.7 Å². The minimum Gasteiger partial charge on any atom is -0.347 e. The molecule has 0 bridgehead atoms. The molecule has 3 rings (SSSR count). The molecule has 1 aromatic heterocycles. The van der Waals surface area contributed by atoms with Gasteiger partial charge >= 0.3 is 6.18 Å². The lowest BCUT2D eigenvalue weighted by Crippen LogP contribution is -2.27. The van der Waals surface area contributed by atoms with E-state index in [-0.39, 0.29) is 24.8 Å². The smallest absolute Gasteiger partial charge is 0.347 e. The van der Waals surface area contributed by atoms with Crippen LogP contribution in [0.5, 0.6) is 0 Å². The summed E-state index contributed by atoms with van der Waals surface area (Å²) in [4.78, 5) is 6.59. The largest absolute Gasteiger partial charge is 0.416 e. The van der Waals surface area contributed by atoms with Crippen LogP contribution in [0.3, 0.4) is 0 Å². The molecule has 0 atom stereocenters. The molecule has 22 heavy (non-hydrogen) atoms. The molecule has 124 valence electrons. The van der Waals surface area contributed by atoms with Gasteiger partial charge in [0.15, 0.2) is 5.13 Å². The lowest BCUT2D eigenvalue weighted by Gasteiger charge is -2.17. The third-order valence-electron chi connectivity index (χ3n) is 3.32. The highest BCUT2D eigenvalue weighted by molar-refractivity contribution is 7.22. The summed E-state index contributed by atoms with van der Waals surface area (Å²) in [6.45, 7) is 3.58. The van der Waals surface area contributed by atoms with Crippen molar-refractivity contribution in [1.82, 2.24) is 10.3 Å². The van der Waals surface area contributed by atoms with Gasteiger partial charge in [0.25, 0.3) is 0 Å². The van der Waals surface area contributed by atoms with Gasteiger partial charge in [0, 0.05) is 19.6 Å². The summed E-state index contributed by atoms with van der Waals surface area (Å²) in [6.07, 6.45) is -3.28. The maximum absolute atomic E-state index is 12.7. The highest BCUT2D eigenvalue weighted by Gasteiger charge is 2.30. The van der Waals surface area contributed by atoms with Gasteiger partial charge in [0.1, 0.15) is 0 Å². The topological polar surface area (TPSA) is 28.2 Å². The minimum atomic E-state index is -4.30. The molecule has 1 N–H and O–H groups in total. The molecule has 2 heterocycles. The number of benzene rings is 1. The molecule has 3 nitrogen and oxygen atoms in total. The Balaban J connectivity index is 0.00000121. The van der Waals surface area contributed by atoms with Gasteiger partial charge in [-0.05, 0) is 31.2 Å². The summed E-state index contributed by atoms with van der Waals surface area (Å²) in [5.41, 5.74) is 0.0212. The van der Waals surface area contributed by atoms with Gasteiger partial charge in [-0.25, -0.2) is 4.98 Å². The van der Waals surface area contributed by atoms with Crippen molar-refractivity contribution in [1.29, 1.82) is 0 Å². The van der Waals surface area contributed by atoms with Crippen LogP contribution in [0, 0.1) is 0 Å². The Bertz CT molecular complexity index is 610. The average molecular weight is 374 g/mol.